The van der Waals surface area contributed by atoms with Gasteiger partial charge in [-0.25, -0.2) is 9.97 Å². The Kier molecular flexibility index (Phi) is 5.10. The Balaban J connectivity index is 2.37. The second-order valence-corrected chi connectivity index (χ2v) is 5.45. The van der Waals surface area contributed by atoms with Crippen molar-refractivity contribution in [3.8, 4) is 0 Å². The minimum absolute atomic E-state index is 0.479. The summed E-state index contributed by atoms with van der Waals surface area (Å²) < 4.78 is 5.41. The van der Waals surface area contributed by atoms with Crippen molar-refractivity contribution in [1.82, 2.24) is 9.97 Å². The van der Waals surface area contributed by atoms with E-state index in [4.69, 9.17) is 4.74 Å². The zero-order valence-electron chi connectivity index (χ0n) is 11.8. The van der Waals surface area contributed by atoms with E-state index in [0.717, 1.165) is 41.2 Å². The first-order valence-electron chi connectivity index (χ1n) is 6.89. The van der Waals surface area contributed by atoms with E-state index >= 15 is 0 Å². The Labute approximate surface area is 118 Å². The zero-order chi connectivity index (χ0) is 13.7. The second-order valence-electron chi connectivity index (χ2n) is 4.34. The number of nitrogens with one attached hydrogen (secondary N) is 1. The first kappa shape index (κ1) is 14.2. The first-order chi connectivity index (χ1) is 9.28. The third-order valence-electron chi connectivity index (χ3n) is 2.82. The van der Waals surface area contributed by atoms with E-state index in [9.17, 15) is 0 Å². The van der Waals surface area contributed by atoms with Crippen LogP contribution in [0.15, 0.2) is 6.07 Å². The maximum atomic E-state index is 5.41. The number of rotatable bonds is 7. The Morgan fingerprint density at radius 2 is 2.11 bits per heavy atom. The van der Waals surface area contributed by atoms with Crippen LogP contribution in [0.2, 0.25) is 0 Å². The van der Waals surface area contributed by atoms with Crippen molar-refractivity contribution in [2.75, 3.05) is 18.5 Å². The number of thiophene rings is 1. The third kappa shape index (κ3) is 3.42. The number of aromatic nitrogens is 2. The van der Waals surface area contributed by atoms with Crippen LogP contribution in [-0.4, -0.2) is 23.1 Å². The van der Waals surface area contributed by atoms with Gasteiger partial charge in [0.05, 0.1) is 5.39 Å². The number of aryl methyl sites for hydroxylation is 1. The van der Waals surface area contributed by atoms with E-state index in [1.807, 2.05) is 6.92 Å². The Bertz CT molecular complexity index is 539. The summed E-state index contributed by atoms with van der Waals surface area (Å²) in [5, 5.41) is 4.53. The molecule has 0 fully saturated rings. The molecule has 0 radical (unpaired) electrons. The number of anilines is 1. The van der Waals surface area contributed by atoms with E-state index < -0.39 is 0 Å². The number of hydrogen-bond acceptors (Lipinski definition) is 5. The lowest BCUT2D eigenvalue weighted by Gasteiger charge is -2.07. The van der Waals surface area contributed by atoms with Crippen LogP contribution in [0.25, 0.3) is 10.2 Å². The molecule has 0 aromatic carbocycles. The van der Waals surface area contributed by atoms with Gasteiger partial charge in [-0.3, -0.25) is 0 Å². The standard InChI is InChI=1S/C14H21N3OS/c1-4-7-15-13-11-8-10(5-2)19-14(11)17-12(16-13)9-18-6-3/h8H,4-7,9H2,1-3H3,(H,15,16,17). The van der Waals surface area contributed by atoms with Crippen LogP contribution < -0.4 is 5.32 Å². The molecule has 2 aromatic rings. The highest BCUT2D eigenvalue weighted by Crippen LogP contribution is 2.29. The fourth-order valence-corrected chi connectivity index (χ4v) is 2.81. The predicted octanol–water partition coefficient (Wildman–Crippen LogP) is 3.61. The first-order valence-corrected chi connectivity index (χ1v) is 7.71. The van der Waals surface area contributed by atoms with Crippen molar-refractivity contribution in [1.29, 1.82) is 0 Å². The highest BCUT2D eigenvalue weighted by molar-refractivity contribution is 7.18. The molecule has 5 heteroatoms. The van der Waals surface area contributed by atoms with Crippen LogP contribution in [0, 0.1) is 0 Å². The van der Waals surface area contributed by atoms with Crippen LogP contribution in [0.4, 0.5) is 5.82 Å². The van der Waals surface area contributed by atoms with Gasteiger partial charge in [-0.1, -0.05) is 13.8 Å². The van der Waals surface area contributed by atoms with E-state index in [0.29, 0.717) is 13.2 Å². The normalized spacial score (nSPS) is 11.1. The maximum Gasteiger partial charge on any atom is 0.158 e. The molecule has 0 atom stereocenters. The summed E-state index contributed by atoms with van der Waals surface area (Å²) in [5.41, 5.74) is 0. The molecule has 4 nitrogen and oxygen atoms in total. The monoisotopic (exact) mass is 279 g/mol. The molecule has 0 saturated heterocycles. The van der Waals surface area contributed by atoms with Crippen LogP contribution in [0.1, 0.15) is 37.9 Å². The van der Waals surface area contributed by atoms with Crippen molar-refractivity contribution >= 4 is 27.4 Å². The minimum atomic E-state index is 0.479. The van der Waals surface area contributed by atoms with Gasteiger partial charge in [-0.05, 0) is 25.8 Å². The fourth-order valence-electron chi connectivity index (χ4n) is 1.83. The summed E-state index contributed by atoms with van der Waals surface area (Å²) in [6.07, 6.45) is 2.12. The summed E-state index contributed by atoms with van der Waals surface area (Å²) in [7, 11) is 0. The van der Waals surface area contributed by atoms with Gasteiger partial charge in [0.25, 0.3) is 0 Å². The van der Waals surface area contributed by atoms with Crippen molar-refractivity contribution in [3.05, 3.63) is 16.8 Å². The van der Waals surface area contributed by atoms with Gasteiger partial charge in [0, 0.05) is 18.0 Å². The van der Waals surface area contributed by atoms with Gasteiger partial charge in [0.15, 0.2) is 5.82 Å². The van der Waals surface area contributed by atoms with Gasteiger partial charge in [0.1, 0.15) is 17.3 Å². The molecule has 2 rings (SSSR count). The highest BCUT2D eigenvalue weighted by Gasteiger charge is 2.11. The molecule has 2 aromatic heterocycles. The zero-order valence-corrected chi connectivity index (χ0v) is 12.6. The van der Waals surface area contributed by atoms with Gasteiger partial charge in [0.2, 0.25) is 0 Å². The lowest BCUT2D eigenvalue weighted by molar-refractivity contribution is 0.128. The van der Waals surface area contributed by atoms with Crippen LogP contribution in [-0.2, 0) is 17.8 Å². The van der Waals surface area contributed by atoms with Crippen LogP contribution in [0.3, 0.4) is 0 Å². The number of hydrogen-bond donors (Lipinski definition) is 1. The Hall–Kier alpha value is -1.20. The fraction of sp³-hybridized carbons (Fsp3) is 0.571. The SMILES string of the molecule is CCCNc1nc(COCC)nc2sc(CC)cc12. The van der Waals surface area contributed by atoms with E-state index in [1.54, 1.807) is 11.3 Å². The summed E-state index contributed by atoms with van der Waals surface area (Å²) in [6.45, 7) is 8.39. The van der Waals surface area contributed by atoms with E-state index in [-0.39, 0.29) is 0 Å². The van der Waals surface area contributed by atoms with E-state index in [1.165, 1.54) is 4.88 Å². The average Bonchev–Trinajstić information content (AvgIpc) is 2.85. The lowest BCUT2D eigenvalue weighted by Crippen LogP contribution is -2.06. The van der Waals surface area contributed by atoms with Crippen LogP contribution >= 0.6 is 11.3 Å². The highest BCUT2D eigenvalue weighted by atomic mass is 32.1. The summed E-state index contributed by atoms with van der Waals surface area (Å²) in [5.74, 6) is 1.70. The smallest absolute Gasteiger partial charge is 0.158 e. The van der Waals surface area contributed by atoms with Gasteiger partial charge in [-0.15, -0.1) is 11.3 Å². The third-order valence-corrected chi connectivity index (χ3v) is 3.99. The largest absolute Gasteiger partial charge is 0.374 e. The molecule has 0 aliphatic carbocycles. The molecule has 0 bridgehead atoms. The topological polar surface area (TPSA) is 47.0 Å². The van der Waals surface area contributed by atoms with Crippen molar-refractivity contribution < 1.29 is 4.74 Å². The summed E-state index contributed by atoms with van der Waals surface area (Å²) >= 11 is 1.75. The molecular weight excluding hydrogens is 258 g/mol. The maximum absolute atomic E-state index is 5.41. The van der Waals surface area contributed by atoms with E-state index in [2.05, 4.69) is 35.2 Å². The van der Waals surface area contributed by atoms with Crippen LogP contribution in [0.5, 0.6) is 0 Å². The molecule has 19 heavy (non-hydrogen) atoms. The van der Waals surface area contributed by atoms with Gasteiger partial charge < -0.3 is 10.1 Å². The second kappa shape index (κ2) is 6.82. The van der Waals surface area contributed by atoms with Crippen molar-refractivity contribution in [2.24, 2.45) is 0 Å². The number of nitrogens with zero attached hydrogens (tertiary/aromatic N) is 2. The lowest BCUT2D eigenvalue weighted by atomic mass is 10.3. The van der Waals surface area contributed by atoms with Gasteiger partial charge in [-0.2, -0.15) is 0 Å². The molecule has 1 N–H and O–H groups in total. The Morgan fingerprint density at radius 1 is 1.26 bits per heavy atom. The van der Waals surface area contributed by atoms with Crippen molar-refractivity contribution in [2.45, 2.75) is 40.2 Å². The average molecular weight is 279 g/mol. The molecule has 2 heterocycles. The Morgan fingerprint density at radius 3 is 2.79 bits per heavy atom. The molecule has 0 aliphatic heterocycles. The molecule has 0 unspecified atom stereocenters. The summed E-state index contributed by atoms with van der Waals surface area (Å²) in [6, 6.07) is 2.20. The molecule has 104 valence electrons. The molecule has 0 spiro atoms. The quantitative estimate of drug-likeness (QED) is 0.841. The molecular formula is C14H21N3OS. The molecule has 0 saturated carbocycles. The van der Waals surface area contributed by atoms with Gasteiger partial charge >= 0.3 is 0 Å². The predicted molar refractivity (Wildman–Crippen MR) is 80.9 cm³/mol. The summed E-state index contributed by atoms with van der Waals surface area (Å²) in [4.78, 5) is 11.6. The number of ether oxygens (including phenoxy) is 1. The molecule has 0 amide bonds. The number of fused-ring (bicyclic) bond motifs is 1. The minimum Gasteiger partial charge on any atom is -0.374 e. The molecule has 0 aliphatic rings. The van der Waals surface area contributed by atoms with Crippen molar-refractivity contribution in [3.63, 3.8) is 0 Å².